The quantitative estimate of drug-likeness (QED) is 0.919. The highest BCUT2D eigenvalue weighted by Crippen LogP contribution is 2.29. The average molecular weight is 282 g/mol. The molecule has 1 aliphatic rings. The second kappa shape index (κ2) is 6.31. The van der Waals surface area contributed by atoms with E-state index in [1.165, 1.54) is 12.1 Å². The molecule has 1 amide bonds. The number of benzene rings is 1. The summed E-state index contributed by atoms with van der Waals surface area (Å²) in [5.74, 6) is -1.14. The van der Waals surface area contributed by atoms with Crippen molar-refractivity contribution in [3.63, 3.8) is 0 Å². The summed E-state index contributed by atoms with van der Waals surface area (Å²) >= 11 is 0. The number of nitrogens with zero attached hydrogens (tertiary/aromatic N) is 1. The Morgan fingerprint density at radius 3 is 2.80 bits per heavy atom. The maximum atomic E-state index is 13.6. The van der Waals surface area contributed by atoms with Crippen LogP contribution in [0.5, 0.6) is 0 Å². The van der Waals surface area contributed by atoms with Gasteiger partial charge in [-0.15, -0.1) is 0 Å². The van der Waals surface area contributed by atoms with Crippen molar-refractivity contribution < 1.29 is 13.6 Å². The van der Waals surface area contributed by atoms with Gasteiger partial charge in [0, 0.05) is 19.2 Å². The van der Waals surface area contributed by atoms with Crippen LogP contribution in [0.2, 0.25) is 0 Å². The van der Waals surface area contributed by atoms with E-state index in [4.69, 9.17) is 5.73 Å². The van der Waals surface area contributed by atoms with Crippen molar-refractivity contribution in [3.8, 4) is 0 Å². The first-order valence-corrected chi connectivity index (χ1v) is 6.92. The first-order valence-electron chi connectivity index (χ1n) is 6.92. The van der Waals surface area contributed by atoms with Gasteiger partial charge in [-0.05, 0) is 36.9 Å². The Labute approximate surface area is 117 Å². The third kappa shape index (κ3) is 3.15. The molecule has 0 aromatic heterocycles. The smallest absolute Gasteiger partial charge is 0.227 e. The number of carbonyl (C=O) groups is 1. The third-order valence-corrected chi connectivity index (χ3v) is 4.17. The monoisotopic (exact) mass is 282 g/mol. The highest BCUT2D eigenvalue weighted by molar-refractivity contribution is 5.79. The van der Waals surface area contributed by atoms with Crippen LogP contribution in [0.25, 0.3) is 0 Å². The van der Waals surface area contributed by atoms with Crippen molar-refractivity contribution in [2.24, 2.45) is 11.7 Å². The van der Waals surface area contributed by atoms with Gasteiger partial charge in [0.2, 0.25) is 5.91 Å². The van der Waals surface area contributed by atoms with Gasteiger partial charge in [-0.1, -0.05) is 12.5 Å². The maximum Gasteiger partial charge on any atom is 0.227 e. The molecule has 110 valence electrons. The number of carbonyl (C=O) groups excluding carboxylic acids is 1. The maximum absolute atomic E-state index is 13.6. The van der Waals surface area contributed by atoms with Crippen LogP contribution in [-0.4, -0.2) is 30.4 Å². The molecule has 2 N–H and O–H groups in total. The molecule has 0 saturated heterocycles. The zero-order valence-electron chi connectivity index (χ0n) is 11.6. The van der Waals surface area contributed by atoms with Crippen LogP contribution in [-0.2, 0) is 11.2 Å². The van der Waals surface area contributed by atoms with Crippen molar-refractivity contribution in [3.05, 3.63) is 35.4 Å². The number of nitrogens with two attached hydrogens (primary N) is 1. The highest BCUT2D eigenvalue weighted by atomic mass is 19.1. The number of rotatable bonds is 4. The molecule has 0 aliphatic heterocycles. The topological polar surface area (TPSA) is 46.3 Å². The van der Waals surface area contributed by atoms with Crippen molar-refractivity contribution in [2.75, 3.05) is 13.6 Å². The minimum atomic E-state index is -0.673. The SMILES string of the molecule is CN(C(=O)Cc1ccc(F)cc1F)C1CCCC1CN. The molecule has 5 heteroatoms. The van der Waals surface area contributed by atoms with Crippen LogP contribution in [0.1, 0.15) is 24.8 Å². The van der Waals surface area contributed by atoms with E-state index in [0.717, 1.165) is 25.3 Å². The number of halogens is 2. The molecule has 20 heavy (non-hydrogen) atoms. The Morgan fingerprint density at radius 2 is 2.15 bits per heavy atom. The lowest BCUT2D eigenvalue weighted by molar-refractivity contribution is -0.131. The van der Waals surface area contributed by atoms with E-state index in [0.29, 0.717) is 12.5 Å². The van der Waals surface area contributed by atoms with E-state index in [1.807, 2.05) is 0 Å². The van der Waals surface area contributed by atoms with Crippen molar-refractivity contribution >= 4 is 5.91 Å². The predicted molar refractivity (Wildman–Crippen MR) is 73.0 cm³/mol. The first-order chi connectivity index (χ1) is 9.52. The molecule has 1 saturated carbocycles. The fourth-order valence-electron chi connectivity index (χ4n) is 2.94. The number of hydrogen-bond donors (Lipinski definition) is 1. The summed E-state index contributed by atoms with van der Waals surface area (Å²) in [6.45, 7) is 0.563. The molecular weight excluding hydrogens is 262 g/mol. The molecule has 0 heterocycles. The van der Waals surface area contributed by atoms with Crippen molar-refractivity contribution in [1.82, 2.24) is 4.90 Å². The minimum absolute atomic E-state index is 0.0452. The van der Waals surface area contributed by atoms with Gasteiger partial charge in [-0.25, -0.2) is 8.78 Å². The van der Waals surface area contributed by atoms with Gasteiger partial charge in [0.15, 0.2) is 0 Å². The fraction of sp³-hybridized carbons (Fsp3) is 0.533. The summed E-state index contributed by atoms with van der Waals surface area (Å²) < 4.78 is 26.4. The highest BCUT2D eigenvalue weighted by Gasteiger charge is 2.31. The average Bonchev–Trinajstić information content (AvgIpc) is 2.89. The predicted octanol–water partition coefficient (Wildman–Crippen LogP) is 2.09. The van der Waals surface area contributed by atoms with E-state index in [-0.39, 0.29) is 23.9 Å². The Hall–Kier alpha value is -1.49. The van der Waals surface area contributed by atoms with Crippen LogP contribution in [0.15, 0.2) is 18.2 Å². The van der Waals surface area contributed by atoms with E-state index in [2.05, 4.69) is 0 Å². The lowest BCUT2D eigenvalue weighted by Crippen LogP contribution is -2.42. The summed E-state index contributed by atoms with van der Waals surface area (Å²) in [5.41, 5.74) is 5.94. The molecule has 2 atom stereocenters. The molecule has 0 spiro atoms. The Morgan fingerprint density at radius 1 is 1.40 bits per heavy atom. The molecular formula is C15H20F2N2O. The molecule has 3 nitrogen and oxygen atoms in total. The van der Waals surface area contributed by atoms with Gasteiger partial charge in [0.25, 0.3) is 0 Å². The molecule has 0 bridgehead atoms. The summed E-state index contributed by atoms with van der Waals surface area (Å²) in [6.07, 6.45) is 2.99. The second-order valence-electron chi connectivity index (χ2n) is 5.41. The van der Waals surface area contributed by atoms with Crippen LogP contribution in [0.4, 0.5) is 8.78 Å². The molecule has 2 rings (SSSR count). The Kier molecular flexibility index (Phi) is 4.70. The zero-order valence-corrected chi connectivity index (χ0v) is 11.6. The number of hydrogen-bond acceptors (Lipinski definition) is 2. The van der Waals surface area contributed by atoms with Gasteiger partial charge in [0.1, 0.15) is 11.6 Å². The fourth-order valence-corrected chi connectivity index (χ4v) is 2.94. The van der Waals surface area contributed by atoms with Crippen LogP contribution in [0.3, 0.4) is 0 Å². The summed E-state index contributed by atoms with van der Waals surface area (Å²) in [7, 11) is 1.74. The van der Waals surface area contributed by atoms with Gasteiger partial charge < -0.3 is 10.6 Å². The van der Waals surface area contributed by atoms with Crippen molar-refractivity contribution in [2.45, 2.75) is 31.7 Å². The minimum Gasteiger partial charge on any atom is -0.342 e. The van der Waals surface area contributed by atoms with E-state index in [1.54, 1.807) is 11.9 Å². The second-order valence-corrected chi connectivity index (χ2v) is 5.41. The molecule has 0 radical (unpaired) electrons. The summed E-state index contributed by atoms with van der Waals surface area (Å²) in [5, 5.41) is 0. The van der Waals surface area contributed by atoms with Gasteiger partial charge >= 0.3 is 0 Å². The zero-order chi connectivity index (χ0) is 14.7. The van der Waals surface area contributed by atoms with Gasteiger partial charge in [0.05, 0.1) is 6.42 Å². The molecule has 2 unspecified atom stereocenters. The Bertz CT molecular complexity index is 493. The number of amides is 1. The van der Waals surface area contributed by atoms with Crippen molar-refractivity contribution in [1.29, 1.82) is 0 Å². The molecule has 1 aromatic rings. The normalized spacial score (nSPS) is 22.0. The summed E-state index contributed by atoms with van der Waals surface area (Å²) in [4.78, 5) is 13.9. The number of likely N-dealkylation sites (N-methyl/N-ethyl adjacent to an activating group) is 1. The van der Waals surface area contributed by atoms with Gasteiger partial charge in [-0.2, -0.15) is 0 Å². The molecule has 1 fully saturated rings. The van der Waals surface area contributed by atoms with E-state index < -0.39 is 11.6 Å². The lowest BCUT2D eigenvalue weighted by Gasteiger charge is -2.29. The molecule has 1 aliphatic carbocycles. The van der Waals surface area contributed by atoms with E-state index >= 15 is 0 Å². The van der Waals surface area contributed by atoms with Crippen LogP contribution < -0.4 is 5.73 Å². The van der Waals surface area contributed by atoms with Crippen LogP contribution >= 0.6 is 0 Å². The third-order valence-electron chi connectivity index (χ3n) is 4.17. The van der Waals surface area contributed by atoms with Gasteiger partial charge in [-0.3, -0.25) is 4.79 Å². The van der Waals surface area contributed by atoms with Crippen LogP contribution in [0, 0.1) is 17.6 Å². The lowest BCUT2D eigenvalue weighted by atomic mass is 10.0. The summed E-state index contributed by atoms with van der Waals surface area (Å²) in [6, 6.07) is 3.44. The van der Waals surface area contributed by atoms with E-state index in [9.17, 15) is 13.6 Å². The molecule has 1 aromatic carbocycles. The standard InChI is InChI=1S/C15H20F2N2O/c1-19(14-4-2-3-11(14)9-18)15(20)7-10-5-6-12(16)8-13(10)17/h5-6,8,11,14H,2-4,7,9,18H2,1H3. The Balaban J connectivity index is 2.04. The first kappa shape index (κ1) is 14.9. The largest absolute Gasteiger partial charge is 0.342 e.